The summed E-state index contributed by atoms with van der Waals surface area (Å²) in [5.74, 6) is -0.0591. The van der Waals surface area contributed by atoms with Crippen molar-refractivity contribution >= 4 is 11.6 Å². The Bertz CT molecular complexity index is 620. The third-order valence-corrected chi connectivity index (χ3v) is 3.28. The second-order valence-electron chi connectivity index (χ2n) is 5.05. The van der Waals surface area contributed by atoms with E-state index in [1.165, 1.54) is 0 Å². The predicted molar refractivity (Wildman–Crippen MR) is 85.5 cm³/mol. The summed E-state index contributed by atoms with van der Waals surface area (Å²) < 4.78 is 0. The van der Waals surface area contributed by atoms with Crippen LogP contribution in [0.1, 0.15) is 34.1 Å². The Morgan fingerprint density at radius 1 is 1.19 bits per heavy atom. The molecule has 110 valence electrons. The van der Waals surface area contributed by atoms with Crippen LogP contribution >= 0.6 is 0 Å². The topological polar surface area (TPSA) is 54.0 Å². The predicted octanol–water partition coefficient (Wildman–Crippen LogP) is 3.06. The number of amides is 1. The zero-order chi connectivity index (χ0) is 15.2. The van der Waals surface area contributed by atoms with Crippen molar-refractivity contribution in [3.05, 3.63) is 58.9 Å². The standard InChI is InChI=1S/C17H21N3O/c1-4-18-15-7-8-16(12(2)9-15)17(21)20-11-14-6-5-13(3)19-10-14/h5-10,18H,4,11H2,1-3H3,(H,20,21). The third-order valence-electron chi connectivity index (χ3n) is 3.28. The van der Waals surface area contributed by atoms with Crippen molar-refractivity contribution in [3.8, 4) is 0 Å². The number of aromatic nitrogens is 1. The lowest BCUT2D eigenvalue weighted by molar-refractivity contribution is 0.0950. The Morgan fingerprint density at radius 3 is 2.62 bits per heavy atom. The first-order valence-corrected chi connectivity index (χ1v) is 7.14. The summed E-state index contributed by atoms with van der Waals surface area (Å²) in [6.07, 6.45) is 1.79. The Morgan fingerprint density at radius 2 is 2.00 bits per heavy atom. The minimum Gasteiger partial charge on any atom is -0.385 e. The molecule has 0 radical (unpaired) electrons. The number of pyridine rings is 1. The summed E-state index contributed by atoms with van der Waals surface area (Å²) in [5.41, 5.74) is 4.68. The largest absolute Gasteiger partial charge is 0.385 e. The van der Waals surface area contributed by atoms with Crippen molar-refractivity contribution < 1.29 is 4.79 Å². The molecule has 2 rings (SSSR count). The van der Waals surface area contributed by atoms with Crippen LogP contribution in [0.4, 0.5) is 5.69 Å². The molecule has 2 aromatic rings. The van der Waals surface area contributed by atoms with Gasteiger partial charge in [0.2, 0.25) is 0 Å². The van der Waals surface area contributed by atoms with E-state index in [9.17, 15) is 4.79 Å². The SMILES string of the molecule is CCNc1ccc(C(=O)NCc2ccc(C)nc2)c(C)c1. The first kappa shape index (κ1) is 15.0. The molecular formula is C17H21N3O. The van der Waals surface area contributed by atoms with Crippen LogP contribution in [-0.4, -0.2) is 17.4 Å². The van der Waals surface area contributed by atoms with Crippen molar-refractivity contribution in [2.45, 2.75) is 27.3 Å². The highest BCUT2D eigenvalue weighted by atomic mass is 16.1. The number of nitrogens with zero attached hydrogens (tertiary/aromatic N) is 1. The van der Waals surface area contributed by atoms with E-state index >= 15 is 0 Å². The van der Waals surface area contributed by atoms with Gasteiger partial charge in [-0.1, -0.05) is 6.07 Å². The van der Waals surface area contributed by atoms with E-state index in [4.69, 9.17) is 0 Å². The van der Waals surface area contributed by atoms with Gasteiger partial charge in [-0.3, -0.25) is 9.78 Å². The number of anilines is 1. The number of rotatable bonds is 5. The van der Waals surface area contributed by atoms with E-state index in [0.29, 0.717) is 12.1 Å². The normalized spacial score (nSPS) is 10.2. The van der Waals surface area contributed by atoms with E-state index in [1.54, 1.807) is 6.20 Å². The highest BCUT2D eigenvalue weighted by molar-refractivity contribution is 5.96. The smallest absolute Gasteiger partial charge is 0.251 e. The Labute approximate surface area is 125 Å². The van der Waals surface area contributed by atoms with Gasteiger partial charge in [-0.25, -0.2) is 0 Å². The Kier molecular flexibility index (Phi) is 4.93. The molecule has 0 aliphatic carbocycles. The zero-order valence-corrected chi connectivity index (χ0v) is 12.7. The molecule has 1 aromatic heterocycles. The van der Waals surface area contributed by atoms with Crippen molar-refractivity contribution in [2.75, 3.05) is 11.9 Å². The summed E-state index contributed by atoms with van der Waals surface area (Å²) in [6, 6.07) is 9.70. The number of aryl methyl sites for hydroxylation is 2. The average molecular weight is 283 g/mol. The molecule has 4 nitrogen and oxygen atoms in total. The van der Waals surface area contributed by atoms with Gasteiger partial charge in [0, 0.05) is 36.2 Å². The summed E-state index contributed by atoms with van der Waals surface area (Å²) in [6.45, 7) is 7.29. The van der Waals surface area contributed by atoms with Crippen LogP contribution in [0.2, 0.25) is 0 Å². The summed E-state index contributed by atoms with van der Waals surface area (Å²) >= 11 is 0. The van der Waals surface area contributed by atoms with E-state index in [0.717, 1.165) is 29.1 Å². The molecular weight excluding hydrogens is 262 g/mol. The highest BCUT2D eigenvalue weighted by Crippen LogP contribution is 2.15. The van der Waals surface area contributed by atoms with Gasteiger partial charge in [0.15, 0.2) is 0 Å². The van der Waals surface area contributed by atoms with Gasteiger partial charge < -0.3 is 10.6 Å². The van der Waals surface area contributed by atoms with Crippen LogP contribution in [0.25, 0.3) is 0 Å². The molecule has 0 unspecified atom stereocenters. The van der Waals surface area contributed by atoms with Gasteiger partial charge in [0.05, 0.1) is 0 Å². The van der Waals surface area contributed by atoms with Crippen LogP contribution in [0.15, 0.2) is 36.5 Å². The quantitative estimate of drug-likeness (QED) is 0.886. The molecule has 21 heavy (non-hydrogen) atoms. The van der Waals surface area contributed by atoms with Crippen LogP contribution in [0.5, 0.6) is 0 Å². The van der Waals surface area contributed by atoms with Gasteiger partial charge in [-0.15, -0.1) is 0 Å². The molecule has 1 aromatic carbocycles. The minimum atomic E-state index is -0.0591. The number of hydrogen-bond acceptors (Lipinski definition) is 3. The molecule has 1 heterocycles. The third kappa shape index (κ3) is 4.05. The molecule has 4 heteroatoms. The molecule has 0 fully saturated rings. The maximum atomic E-state index is 12.2. The van der Waals surface area contributed by atoms with Crippen molar-refractivity contribution in [3.63, 3.8) is 0 Å². The average Bonchev–Trinajstić information content (AvgIpc) is 2.47. The van der Waals surface area contributed by atoms with E-state index in [2.05, 4.69) is 15.6 Å². The monoisotopic (exact) mass is 283 g/mol. The summed E-state index contributed by atoms with van der Waals surface area (Å²) in [5, 5.41) is 6.17. The lowest BCUT2D eigenvalue weighted by Gasteiger charge is -2.10. The van der Waals surface area contributed by atoms with Crippen LogP contribution in [-0.2, 0) is 6.54 Å². The van der Waals surface area contributed by atoms with Gasteiger partial charge >= 0.3 is 0 Å². The summed E-state index contributed by atoms with van der Waals surface area (Å²) in [7, 11) is 0. The number of carbonyl (C=O) groups excluding carboxylic acids is 1. The van der Waals surface area contributed by atoms with Gasteiger partial charge in [-0.2, -0.15) is 0 Å². The molecule has 0 bridgehead atoms. The molecule has 0 aliphatic heterocycles. The second-order valence-corrected chi connectivity index (χ2v) is 5.05. The minimum absolute atomic E-state index is 0.0591. The first-order chi connectivity index (χ1) is 10.1. The number of benzene rings is 1. The zero-order valence-electron chi connectivity index (χ0n) is 12.7. The van der Waals surface area contributed by atoms with Gasteiger partial charge in [0.1, 0.15) is 0 Å². The van der Waals surface area contributed by atoms with Crippen molar-refractivity contribution in [1.29, 1.82) is 0 Å². The lowest BCUT2D eigenvalue weighted by atomic mass is 10.1. The molecule has 0 saturated carbocycles. The van der Waals surface area contributed by atoms with Crippen LogP contribution < -0.4 is 10.6 Å². The van der Waals surface area contributed by atoms with Crippen molar-refractivity contribution in [2.24, 2.45) is 0 Å². The van der Waals surface area contributed by atoms with Crippen molar-refractivity contribution in [1.82, 2.24) is 10.3 Å². The van der Waals surface area contributed by atoms with E-state index in [-0.39, 0.29) is 5.91 Å². The molecule has 0 aliphatic rings. The van der Waals surface area contributed by atoms with Gasteiger partial charge in [-0.05, 0) is 56.2 Å². The van der Waals surface area contributed by atoms with E-state index in [1.807, 2.05) is 51.1 Å². The lowest BCUT2D eigenvalue weighted by Crippen LogP contribution is -2.23. The van der Waals surface area contributed by atoms with E-state index < -0.39 is 0 Å². The first-order valence-electron chi connectivity index (χ1n) is 7.14. The fourth-order valence-electron chi connectivity index (χ4n) is 2.11. The van der Waals surface area contributed by atoms with Crippen LogP contribution in [0.3, 0.4) is 0 Å². The molecule has 0 atom stereocenters. The fraction of sp³-hybridized carbons (Fsp3) is 0.294. The fourth-order valence-corrected chi connectivity index (χ4v) is 2.11. The second kappa shape index (κ2) is 6.88. The number of carbonyl (C=O) groups is 1. The van der Waals surface area contributed by atoms with Gasteiger partial charge in [0.25, 0.3) is 5.91 Å². The Hall–Kier alpha value is -2.36. The molecule has 0 spiro atoms. The molecule has 0 saturated heterocycles. The maximum absolute atomic E-state index is 12.2. The molecule has 1 amide bonds. The summed E-state index contributed by atoms with van der Waals surface area (Å²) in [4.78, 5) is 16.4. The maximum Gasteiger partial charge on any atom is 0.251 e. The number of hydrogen-bond donors (Lipinski definition) is 2. The molecule has 2 N–H and O–H groups in total. The van der Waals surface area contributed by atoms with Crippen LogP contribution in [0, 0.1) is 13.8 Å². The Balaban J connectivity index is 2.01. The number of nitrogens with one attached hydrogen (secondary N) is 2. The highest BCUT2D eigenvalue weighted by Gasteiger charge is 2.09.